The summed E-state index contributed by atoms with van der Waals surface area (Å²) in [4.78, 5) is 0. The average Bonchev–Trinajstić information content (AvgIpc) is 2.23. The van der Waals surface area contributed by atoms with Gasteiger partial charge in [-0.25, -0.2) is 0 Å². The van der Waals surface area contributed by atoms with Crippen LogP contribution in [0.4, 0.5) is 0 Å². The maximum atomic E-state index is 8.87. The minimum absolute atomic E-state index is 0.0468. The summed E-state index contributed by atoms with van der Waals surface area (Å²) in [7, 11) is 0. The monoisotopic (exact) mass is 231 g/mol. The van der Waals surface area contributed by atoms with Crippen LogP contribution in [0.1, 0.15) is 64.2 Å². The second-order valence-electron chi connectivity index (χ2n) is 4.43. The zero-order valence-electron chi connectivity index (χ0n) is 9.42. The minimum Gasteiger partial charge on any atom is -0.411 e. The zero-order chi connectivity index (χ0) is 10.9. The fraction of sp³-hybridized carbons (Fsp3) is 0.917. The van der Waals surface area contributed by atoms with Crippen molar-refractivity contribution in [2.24, 2.45) is 5.16 Å². The molecular weight excluding hydrogens is 210 g/mol. The number of rotatable bonds is 0. The fourth-order valence-electron chi connectivity index (χ4n) is 2.13. The Labute approximate surface area is 97.7 Å². The van der Waals surface area contributed by atoms with Crippen LogP contribution < -0.4 is 0 Å². The molecule has 0 aliphatic heterocycles. The Hall–Kier alpha value is -0.240. The Balaban J connectivity index is 2.38. The van der Waals surface area contributed by atoms with Crippen LogP contribution in [0.3, 0.4) is 0 Å². The molecule has 0 spiro atoms. The van der Waals surface area contributed by atoms with Gasteiger partial charge in [-0.05, 0) is 19.3 Å². The van der Waals surface area contributed by atoms with E-state index < -0.39 is 0 Å². The normalized spacial score (nSPS) is 29.4. The molecule has 0 heterocycles. The molecule has 88 valence electrons. The van der Waals surface area contributed by atoms with E-state index in [9.17, 15) is 0 Å². The quantitative estimate of drug-likeness (QED) is 0.376. The predicted octanol–water partition coefficient (Wildman–Crippen LogP) is 4.34. The second-order valence-corrected chi connectivity index (χ2v) is 4.95. The van der Waals surface area contributed by atoms with Crippen LogP contribution in [0.15, 0.2) is 5.16 Å². The summed E-state index contributed by atoms with van der Waals surface area (Å²) >= 11 is 6.19. The van der Waals surface area contributed by atoms with Gasteiger partial charge in [0, 0.05) is 0 Å². The van der Waals surface area contributed by atoms with Gasteiger partial charge in [-0.3, -0.25) is 0 Å². The van der Waals surface area contributed by atoms with Crippen LogP contribution in [-0.4, -0.2) is 16.3 Å². The van der Waals surface area contributed by atoms with Gasteiger partial charge in [0.05, 0.1) is 11.1 Å². The minimum atomic E-state index is -0.0468. The van der Waals surface area contributed by atoms with E-state index in [1.165, 1.54) is 38.5 Å². The highest BCUT2D eigenvalue weighted by Gasteiger charge is 2.13. The van der Waals surface area contributed by atoms with E-state index in [-0.39, 0.29) is 5.38 Å². The van der Waals surface area contributed by atoms with Crippen molar-refractivity contribution in [3.8, 4) is 0 Å². The van der Waals surface area contributed by atoms with Gasteiger partial charge in [-0.2, -0.15) is 0 Å². The molecule has 0 aromatic carbocycles. The van der Waals surface area contributed by atoms with Crippen molar-refractivity contribution in [1.29, 1.82) is 0 Å². The molecule has 0 bridgehead atoms. The van der Waals surface area contributed by atoms with Crippen LogP contribution in [0.25, 0.3) is 0 Å². The van der Waals surface area contributed by atoms with Crippen molar-refractivity contribution in [2.75, 3.05) is 0 Å². The van der Waals surface area contributed by atoms with E-state index in [0.717, 1.165) is 31.4 Å². The Kier molecular flexibility index (Phi) is 6.82. The van der Waals surface area contributed by atoms with Gasteiger partial charge in [-0.15, -0.1) is 11.6 Å². The lowest BCUT2D eigenvalue weighted by molar-refractivity contribution is 0.315. The molecule has 0 radical (unpaired) electrons. The Morgan fingerprint density at radius 2 is 1.47 bits per heavy atom. The highest BCUT2D eigenvalue weighted by atomic mass is 35.5. The first-order chi connectivity index (χ1) is 7.34. The smallest absolute Gasteiger partial charge is 0.0751 e. The van der Waals surface area contributed by atoms with Crippen LogP contribution in [0.5, 0.6) is 0 Å². The van der Waals surface area contributed by atoms with Crippen molar-refractivity contribution in [3.63, 3.8) is 0 Å². The number of nitrogens with zero attached hydrogens (tertiary/aromatic N) is 1. The van der Waals surface area contributed by atoms with E-state index in [1.807, 2.05) is 0 Å². The summed E-state index contributed by atoms with van der Waals surface area (Å²) in [6.07, 6.45) is 12.0. The van der Waals surface area contributed by atoms with Gasteiger partial charge in [0.15, 0.2) is 0 Å². The van der Waals surface area contributed by atoms with E-state index in [0.29, 0.717) is 0 Å². The standard InChI is InChI=1S/C12H22ClNO/c13-11-9-7-5-3-1-2-4-6-8-10-12(11)14-15/h11,15H,1-10H2/b14-12-. The first-order valence-electron chi connectivity index (χ1n) is 6.19. The lowest BCUT2D eigenvalue weighted by Crippen LogP contribution is -2.15. The number of hydrogen-bond donors (Lipinski definition) is 1. The van der Waals surface area contributed by atoms with Gasteiger partial charge < -0.3 is 5.21 Å². The second kappa shape index (κ2) is 7.98. The topological polar surface area (TPSA) is 32.6 Å². The SMILES string of the molecule is O/N=C1/CCCCCCCCCCC1Cl. The van der Waals surface area contributed by atoms with E-state index in [2.05, 4.69) is 5.16 Å². The molecular formula is C12H22ClNO. The van der Waals surface area contributed by atoms with Crippen LogP contribution in [0.2, 0.25) is 0 Å². The third-order valence-electron chi connectivity index (χ3n) is 3.13. The molecule has 1 fully saturated rings. The molecule has 1 aliphatic rings. The molecule has 0 saturated heterocycles. The summed E-state index contributed by atoms with van der Waals surface area (Å²) < 4.78 is 0. The average molecular weight is 232 g/mol. The van der Waals surface area contributed by atoms with Crippen LogP contribution >= 0.6 is 11.6 Å². The summed E-state index contributed by atoms with van der Waals surface area (Å²) in [6, 6.07) is 0. The number of oxime groups is 1. The Morgan fingerprint density at radius 1 is 0.933 bits per heavy atom. The van der Waals surface area contributed by atoms with Crippen molar-refractivity contribution in [3.05, 3.63) is 0 Å². The van der Waals surface area contributed by atoms with Gasteiger partial charge >= 0.3 is 0 Å². The molecule has 2 nitrogen and oxygen atoms in total. The predicted molar refractivity (Wildman–Crippen MR) is 65.0 cm³/mol. The van der Waals surface area contributed by atoms with E-state index >= 15 is 0 Å². The molecule has 1 saturated carbocycles. The lowest BCUT2D eigenvalue weighted by Gasteiger charge is -2.12. The fourth-order valence-corrected chi connectivity index (χ4v) is 2.43. The Morgan fingerprint density at radius 3 is 2.07 bits per heavy atom. The number of hydrogen-bond acceptors (Lipinski definition) is 2. The number of alkyl halides is 1. The van der Waals surface area contributed by atoms with Gasteiger partial charge in [-0.1, -0.05) is 50.1 Å². The van der Waals surface area contributed by atoms with E-state index in [4.69, 9.17) is 16.8 Å². The maximum absolute atomic E-state index is 8.87. The molecule has 1 rings (SSSR count). The highest BCUT2D eigenvalue weighted by Crippen LogP contribution is 2.18. The van der Waals surface area contributed by atoms with Gasteiger partial charge in [0.2, 0.25) is 0 Å². The Bertz CT molecular complexity index is 194. The van der Waals surface area contributed by atoms with Crippen molar-refractivity contribution >= 4 is 17.3 Å². The van der Waals surface area contributed by atoms with E-state index in [1.54, 1.807) is 0 Å². The zero-order valence-corrected chi connectivity index (χ0v) is 10.2. The molecule has 0 aromatic heterocycles. The summed E-state index contributed by atoms with van der Waals surface area (Å²) in [5.41, 5.74) is 0.789. The lowest BCUT2D eigenvalue weighted by atomic mass is 10.00. The molecule has 1 atom stereocenters. The largest absolute Gasteiger partial charge is 0.411 e. The molecule has 1 unspecified atom stereocenters. The van der Waals surface area contributed by atoms with Crippen LogP contribution in [0, 0.1) is 0 Å². The first kappa shape index (κ1) is 12.8. The van der Waals surface area contributed by atoms with Gasteiger partial charge in [0.1, 0.15) is 0 Å². The molecule has 0 amide bonds. The molecule has 3 heteroatoms. The molecule has 1 aliphatic carbocycles. The maximum Gasteiger partial charge on any atom is 0.0751 e. The first-order valence-corrected chi connectivity index (χ1v) is 6.63. The van der Waals surface area contributed by atoms with Gasteiger partial charge in [0.25, 0.3) is 0 Å². The van der Waals surface area contributed by atoms with Crippen molar-refractivity contribution in [1.82, 2.24) is 0 Å². The van der Waals surface area contributed by atoms with Crippen molar-refractivity contribution in [2.45, 2.75) is 69.6 Å². The van der Waals surface area contributed by atoms with Crippen LogP contribution in [-0.2, 0) is 0 Å². The summed E-state index contributed by atoms with van der Waals surface area (Å²) in [5, 5.41) is 12.2. The molecule has 1 N–H and O–H groups in total. The highest BCUT2D eigenvalue weighted by molar-refractivity contribution is 6.32. The molecule has 0 aromatic rings. The molecule has 15 heavy (non-hydrogen) atoms. The summed E-state index contributed by atoms with van der Waals surface area (Å²) in [5.74, 6) is 0. The summed E-state index contributed by atoms with van der Waals surface area (Å²) in [6.45, 7) is 0. The van der Waals surface area contributed by atoms with Crippen molar-refractivity contribution < 1.29 is 5.21 Å². The third kappa shape index (κ3) is 5.41. The third-order valence-corrected chi connectivity index (χ3v) is 3.60. The number of halogens is 1.